The molecule has 1 aliphatic rings. The van der Waals surface area contributed by atoms with Gasteiger partial charge in [0.25, 0.3) is 0 Å². The number of nitrogens with zero attached hydrogens (tertiary/aromatic N) is 3. The van der Waals surface area contributed by atoms with Crippen molar-refractivity contribution in [1.82, 2.24) is 20.4 Å². The zero-order chi connectivity index (χ0) is 19.2. The molecule has 1 N–H and O–H groups in total. The quantitative estimate of drug-likeness (QED) is 0.788. The third kappa shape index (κ3) is 4.68. The molecule has 2 heterocycles. The van der Waals surface area contributed by atoms with Crippen LogP contribution in [-0.2, 0) is 17.7 Å². The molecule has 3 rings (SSSR count). The Morgan fingerprint density at radius 2 is 2.11 bits per heavy atom. The van der Waals surface area contributed by atoms with Gasteiger partial charge in [0, 0.05) is 20.6 Å². The van der Waals surface area contributed by atoms with Crippen LogP contribution in [0.15, 0.2) is 22.7 Å². The molecule has 9 nitrogen and oxygen atoms in total. The minimum atomic E-state index is -0.242. The molecule has 0 saturated heterocycles. The number of nitrogens with one attached hydrogen (secondary N) is 1. The Morgan fingerprint density at radius 1 is 1.33 bits per heavy atom. The summed E-state index contributed by atoms with van der Waals surface area (Å²) in [4.78, 5) is 18.3. The molecule has 0 radical (unpaired) electrons. The Hall–Kier alpha value is -2.81. The topological polar surface area (TPSA) is 99.0 Å². The largest absolute Gasteiger partial charge is 0.486 e. The van der Waals surface area contributed by atoms with E-state index in [4.69, 9.17) is 18.7 Å². The molecule has 1 atom stereocenters. The predicted octanol–water partition coefficient (Wildman–Crippen LogP) is 1.93. The van der Waals surface area contributed by atoms with E-state index >= 15 is 0 Å². The van der Waals surface area contributed by atoms with Gasteiger partial charge in [-0.05, 0) is 24.6 Å². The number of methoxy groups -OCH3 is 1. The Morgan fingerprint density at radius 3 is 2.89 bits per heavy atom. The number of carbonyl (C=O) groups excluding carboxylic acids is 1. The summed E-state index contributed by atoms with van der Waals surface area (Å²) in [6, 6.07) is 5.31. The van der Waals surface area contributed by atoms with Gasteiger partial charge in [-0.15, -0.1) is 0 Å². The molecular formula is C18H24N4O5. The van der Waals surface area contributed by atoms with Crippen molar-refractivity contribution in [2.45, 2.75) is 25.9 Å². The maximum absolute atomic E-state index is 12.4. The Balaban J connectivity index is 1.55. The van der Waals surface area contributed by atoms with Crippen molar-refractivity contribution in [2.75, 3.05) is 34.0 Å². The van der Waals surface area contributed by atoms with Gasteiger partial charge < -0.3 is 29.0 Å². The van der Waals surface area contributed by atoms with Crippen LogP contribution in [0.1, 0.15) is 30.2 Å². The van der Waals surface area contributed by atoms with E-state index < -0.39 is 0 Å². The molecule has 2 aromatic rings. The molecular weight excluding hydrogens is 352 g/mol. The van der Waals surface area contributed by atoms with Crippen LogP contribution in [0.4, 0.5) is 4.79 Å². The maximum Gasteiger partial charge on any atom is 0.318 e. The average Bonchev–Trinajstić information content (AvgIpc) is 3.16. The van der Waals surface area contributed by atoms with Crippen molar-refractivity contribution < 1.29 is 23.5 Å². The molecule has 2 amide bonds. The number of aromatic nitrogens is 2. The van der Waals surface area contributed by atoms with Crippen LogP contribution in [0.25, 0.3) is 0 Å². The van der Waals surface area contributed by atoms with Gasteiger partial charge in [-0.3, -0.25) is 0 Å². The summed E-state index contributed by atoms with van der Waals surface area (Å²) >= 11 is 0. The summed E-state index contributed by atoms with van der Waals surface area (Å²) in [5.41, 5.74) is 0.955. The molecule has 0 fully saturated rings. The molecule has 1 aliphatic heterocycles. The fourth-order valence-corrected chi connectivity index (χ4v) is 2.65. The summed E-state index contributed by atoms with van der Waals surface area (Å²) in [7, 11) is 3.34. The summed E-state index contributed by atoms with van der Waals surface area (Å²) < 4.78 is 21.2. The molecule has 0 aliphatic carbocycles. The van der Waals surface area contributed by atoms with Gasteiger partial charge in [0.15, 0.2) is 17.3 Å². The smallest absolute Gasteiger partial charge is 0.318 e. The third-order valence-corrected chi connectivity index (χ3v) is 4.38. The lowest BCUT2D eigenvalue weighted by molar-refractivity contribution is 0.170. The van der Waals surface area contributed by atoms with Crippen LogP contribution in [0, 0.1) is 0 Å². The van der Waals surface area contributed by atoms with Crippen molar-refractivity contribution in [1.29, 1.82) is 0 Å². The molecule has 0 unspecified atom stereocenters. The summed E-state index contributed by atoms with van der Waals surface area (Å²) in [5.74, 6) is 2.34. The van der Waals surface area contributed by atoms with E-state index in [1.165, 1.54) is 0 Å². The van der Waals surface area contributed by atoms with Crippen molar-refractivity contribution in [3.63, 3.8) is 0 Å². The lowest BCUT2D eigenvalue weighted by atomic mass is 10.1. The van der Waals surface area contributed by atoms with E-state index in [0.717, 1.165) is 11.3 Å². The maximum atomic E-state index is 12.4. The first-order valence-corrected chi connectivity index (χ1v) is 8.79. The second-order valence-electron chi connectivity index (χ2n) is 6.20. The second kappa shape index (κ2) is 8.72. The molecule has 1 aromatic heterocycles. The number of fused-ring (bicyclic) bond motifs is 1. The minimum Gasteiger partial charge on any atom is -0.486 e. The van der Waals surface area contributed by atoms with Crippen LogP contribution in [0.2, 0.25) is 0 Å². The van der Waals surface area contributed by atoms with Crippen LogP contribution >= 0.6 is 0 Å². The van der Waals surface area contributed by atoms with Gasteiger partial charge in [0.2, 0.25) is 5.89 Å². The molecule has 0 saturated carbocycles. The number of amides is 2. The van der Waals surface area contributed by atoms with Crippen molar-refractivity contribution in [3.8, 4) is 11.5 Å². The normalized spacial score (nSPS) is 13.9. The van der Waals surface area contributed by atoms with Crippen molar-refractivity contribution >= 4 is 6.03 Å². The molecule has 0 bridgehead atoms. The molecule has 0 spiro atoms. The highest BCUT2D eigenvalue weighted by molar-refractivity contribution is 5.74. The number of benzene rings is 1. The lowest BCUT2D eigenvalue weighted by Crippen LogP contribution is -2.38. The Bertz CT molecular complexity index is 779. The van der Waals surface area contributed by atoms with Crippen LogP contribution < -0.4 is 14.8 Å². The van der Waals surface area contributed by atoms with Gasteiger partial charge in [-0.1, -0.05) is 11.2 Å². The van der Waals surface area contributed by atoms with Crippen molar-refractivity contribution in [3.05, 3.63) is 35.5 Å². The lowest BCUT2D eigenvalue weighted by Gasteiger charge is -2.27. The third-order valence-electron chi connectivity index (χ3n) is 4.38. The Kier molecular flexibility index (Phi) is 6.12. The summed E-state index contributed by atoms with van der Waals surface area (Å²) in [6.45, 7) is 3.70. The monoisotopic (exact) mass is 376 g/mol. The highest BCUT2D eigenvalue weighted by atomic mass is 16.6. The number of hydrogen-bond donors (Lipinski definition) is 1. The Labute approximate surface area is 157 Å². The molecule has 27 heavy (non-hydrogen) atoms. The zero-order valence-electron chi connectivity index (χ0n) is 15.7. The number of hydrogen-bond acceptors (Lipinski definition) is 7. The SMILES string of the molecule is COCCc1noc(CNC(=O)N(C)[C@@H](C)c2ccc3c(c2)OCCO3)n1. The molecule has 9 heteroatoms. The van der Waals surface area contributed by atoms with Crippen LogP contribution in [0.5, 0.6) is 11.5 Å². The van der Waals surface area contributed by atoms with E-state index in [1.807, 2.05) is 25.1 Å². The zero-order valence-corrected chi connectivity index (χ0v) is 15.7. The first-order chi connectivity index (χ1) is 13.1. The van der Waals surface area contributed by atoms with Crippen LogP contribution in [0.3, 0.4) is 0 Å². The standard InChI is InChI=1S/C18H24N4O5/c1-12(13-4-5-14-15(10-13)26-9-8-25-14)22(2)18(23)19-11-17-20-16(21-27-17)6-7-24-3/h4-5,10,12H,6-9,11H2,1-3H3,(H,19,23)/t12-/m0/s1. The van der Waals surface area contributed by atoms with Gasteiger partial charge >= 0.3 is 6.03 Å². The van der Waals surface area contributed by atoms with Crippen molar-refractivity contribution in [2.24, 2.45) is 0 Å². The van der Waals surface area contributed by atoms with E-state index in [9.17, 15) is 4.79 Å². The number of urea groups is 1. The number of carbonyl (C=O) groups is 1. The second-order valence-corrected chi connectivity index (χ2v) is 6.20. The first kappa shape index (κ1) is 19.0. The van der Waals surface area contributed by atoms with E-state index in [1.54, 1.807) is 19.1 Å². The predicted molar refractivity (Wildman–Crippen MR) is 95.7 cm³/mol. The highest BCUT2D eigenvalue weighted by Crippen LogP contribution is 2.33. The number of rotatable bonds is 7. The van der Waals surface area contributed by atoms with E-state index in [2.05, 4.69) is 15.5 Å². The van der Waals surface area contributed by atoms with E-state index in [0.29, 0.717) is 43.7 Å². The fourth-order valence-electron chi connectivity index (χ4n) is 2.65. The highest BCUT2D eigenvalue weighted by Gasteiger charge is 2.20. The molecule has 146 valence electrons. The summed E-state index contributed by atoms with van der Waals surface area (Å²) in [6.07, 6.45) is 0.564. The van der Waals surface area contributed by atoms with Gasteiger partial charge in [0.05, 0.1) is 19.2 Å². The van der Waals surface area contributed by atoms with Gasteiger partial charge in [-0.2, -0.15) is 4.98 Å². The molecule has 1 aromatic carbocycles. The van der Waals surface area contributed by atoms with Gasteiger partial charge in [0.1, 0.15) is 13.2 Å². The average molecular weight is 376 g/mol. The van der Waals surface area contributed by atoms with Gasteiger partial charge in [-0.25, -0.2) is 4.79 Å². The summed E-state index contributed by atoms with van der Waals surface area (Å²) in [5, 5.41) is 6.63. The van der Waals surface area contributed by atoms with Crippen LogP contribution in [-0.4, -0.2) is 55.0 Å². The van der Waals surface area contributed by atoms with E-state index in [-0.39, 0.29) is 18.6 Å². The number of ether oxygens (including phenoxy) is 3. The first-order valence-electron chi connectivity index (χ1n) is 8.79. The fraction of sp³-hybridized carbons (Fsp3) is 0.500. The minimum absolute atomic E-state index is 0.152.